The Labute approximate surface area is 173 Å². The van der Waals surface area contributed by atoms with Gasteiger partial charge in [-0.05, 0) is 48.1 Å². The molecule has 0 radical (unpaired) electrons. The maximum Gasteiger partial charge on any atom is 0.236 e. The molecule has 2 aromatic rings. The molecule has 0 unspecified atom stereocenters. The molecule has 5 nitrogen and oxygen atoms in total. The smallest absolute Gasteiger partial charge is 0.236 e. The summed E-state index contributed by atoms with van der Waals surface area (Å²) < 4.78 is 26.6. The maximum atomic E-state index is 12.6. The largest absolute Gasteiger partial charge is 0.326 e. The summed E-state index contributed by atoms with van der Waals surface area (Å²) in [5, 5.41) is 4.24. The van der Waals surface area contributed by atoms with Crippen molar-refractivity contribution in [2.24, 2.45) is 5.92 Å². The zero-order chi connectivity index (χ0) is 20.9. The molecular formula is C23H28N2O3S. The molecule has 29 heavy (non-hydrogen) atoms. The SMILES string of the molecule is CC(C)c1cccc(NC(=O)C2CCN(S(=O)(=O)/C=C/c3ccccc3)CC2)c1. The molecule has 154 valence electrons. The van der Waals surface area contributed by atoms with Crippen molar-refractivity contribution in [3.05, 3.63) is 71.1 Å². The molecule has 0 aromatic heterocycles. The Morgan fingerprint density at radius 2 is 1.76 bits per heavy atom. The summed E-state index contributed by atoms with van der Waals surface area (Å²) in [4.78, 5) is 12.6. The van der Waals surface area contributed by atoms with Gasteiger partial charge < -0.3 is 5.32 Å². The van der Waals surface area contributed by atoms with Gasteiger partial charge in [-0.25, -0.2) is 8.42 Å². The average Bonchev–Trinajstić information content (AvgIpc) is 2.73. The van der Waals surface area contributed by atoms with Gasteiger partial charge in [-0.1, -0.05) is 56.3 Å². The van der Waals surface area contributed by atoms with Gasteiger partial charge in [0.05, 0.1) is 0 Å². The average molecular weight is 413 g/mol. The molecule has 1 saturated heterocycles. The van der Waals surface area contributed by atoms with Crippen molar-refractivity contribution >= 4 is 27.7 Å². The van der Waals surface area contributed by atoms with Gasteiger partial charge in [0, 0.05) is 30.1 Å². The third kappa shape index (κ3) is 5.78. The van der Waals surface area contributed by atoms with E-state index in [1.807, 2.05) is 54.6 Å². The molecule has 0 spiro atoms. The molecule has 1 fully saturated rings. The summed E-state index contributed by atoms with van der Waals surface area (Å²) in [5.74, 6) is 0.175. The molecule has 0 bridgehead atoms. The molecule has 1 aliphatic heterocycles. The molecule has 0 aliphatic carbocycles. The van der Waals surface area contributed by atoms with Gasteiger partial charge in [0.2, 0.25) is 15.9 Å². The number of anilines is 1. The summed E-state index contributed by atoms with van der Waals surface area (Å²) in [6.07, 6.45) is 2.65. The first-order valence-electron chi connectivity index (χ1n) is 9.99. The van der Waals surface area contributed by atoms with Crippen LogP contribution in [0.1, 0.15) is 43.7 Å². The quantitative estimate of drug-likeness (QED) is 0.762. The monoisotopic (exact) mass is 412 g/mol. The minimum absolute atomic E-state index is 0.0391. The minimum atomic E-state index is -3.48. The van der Waals surface area contributed by atoms with Crippen LogP contribution < -0.4 is 5.32 Å². The zero-order valence-corrected chi connectivity index (χ0v) is 17.7. The number of sulfonamides is 1. The van der Waals surface area contributed by atoms with E-state index in [1.165, 1.54) is 15.3 Å². The number of nitrogens with zero attached hydrogens (tertiary/aromatic N) is 1. The Kier molecular flexibility index (Phi) is 6.87. The van der Waals surface area contributed by atoms with Gasteiger partial charge in [-0.15, -0.1) is 0 Å². The first-order valence-corrected chi connectivity index (χ1v) is 11.5. The Morgan fingerprint density at radius 1 is 1.07 bits per heavy atom. The van der Waals surface area contributed by atoms with Crippen LogP contribution in [0.25, 0.3) is 6.08 Å². The summed E-state index contributed by atoms with van der Waals surface area (Å²) >= 11 is 0. The second-order valence-electron chi connectivity index (χ2n) is 7.70. The van der Waals surface area contributed by atoms with Gasteiger partial charge in [-0.2, -0.15) is 4.31 Å². The van der Waals surface area contributed by atoms with E-state index < -0.39 is 10.0 Å². The molecular weight excluding hydrogens is 384 g/mol. The fourth-order valence-corrected chi connectivity index (χ4v) is 4.63. The number of amides is 1. The van der Waals surface area contributed by atoms with Crippen molar-refractivity contribution in [2.75, 3.05) is 18.4 Å². The van der Waals surface area contributed by atoms with E-state index in [2.05, 4.69) is 19.2 Å². The lowest BCUT2D eigenvalue weighted by Gasteiger charge is -2.29. The number of benzene rings is 2. The van der Waals surface area contributed by atoms with Crippen LogP contribution in [0, 0.1) is 5.92 Å². The number of hydrogen-bond acceptors (Lipinski definition) is 3. The molecule has 3 rings (SSSR count). The summed E-state index contributed by atoms with van der Waals surface area (Å²) in [6, 6.07) is 17.2. The lowest BCUT2D eigenvalue weighted by molar-refractivity contribution is -0.120. The van der Waals surface area contributed by atoms with Crippen LogP contribution in [0.15, 0.2) is 60.0 Å². The fourth-order valence-electron chi connectivity index (χ4n) is 3.41. The third-order valence-corrected chi connectivity index (χ3v) is 6.80. The topological polar surface area (TPSA) is 66.5 Å². The van der Waals surface area contributed by atoms with Crippen LogP contribution in [0.2, 0.25) is 0 Å². The van der Waals surface area contributed by atoms with Crippen molar-refractivity contribution in [2.45, 2.75) is 32.6 Å². The van der Waals surface area contributed by atoms with Crippen molar-refractivity contribution in [1.82, 2.24) is 4.31 Å². The van der Waals surface area contributed by atoms with Crippen molar-refractivity contribution in [1.29, 1.82) is 0 Å². The summed E-state index contributed by atoms with van der Waals surface area (Å²) in [6.45, 7) is 4.93. The van der Waals surface area contributed by atoms with E-state index in [4.69, 9.17) is 0 Å². The predicted molar refractivity (Wildman–Crippen MR) is 118 cm³/mol. The Hall–Kier alpha value is -2.44. The highest BCUT2D eigenvalue weighted by Gasteiger charge is 2.30. The van der Waals surface area contributed by atoms with E-state index >= 15 is 0 Å². The Morgan fingerprint density at radius 3 is 2.41 bits per heavy atom. The molecule has 1 heterocycles. The highest BCUT2D eigenvalue weighted by atomic mass is 32.2. The van der Waals surface area contributed by atoms with Crippen molar-refractivity contribution in [3.63, 3.8) is 0 Å². The van der Waals surface area contributed by atoms with E-state index in [0.29, 0.717) is 31.8 Å². The first-order chi connectivity index (χ1) is 13.8. The van der Waals surface area contributed by atoms with E-state index in [0.717, 1.165) is 11.3 Å². The summed E-state index contributed by atoms with van der Waals surface area (Å²) in [7, 11) is -3.48. The lowest BCUT2D eigenvalue weighted by atomic mass is 9.97. The number of carbonyl (C=O) groups is 1. The Balaban J connectivity index is 1.56. The second kappa shape index (κ2) is 9.37. The van der Waals surface area contributed by atoms with Crippen LogP contribution in [0.4, 0.5) is 5.69 Å². The molecule has 1 N–H and O–H groups in total. The molecule has 0 atom stereocenters. The fraction of sp³-hybridized carbons (Fsp3) is 0.348. The summed E-state index contributed by atoms with van der Waals surface area (Å²) in [5.41, 5.74) is 2.81. The molecule has 2 aromatic carbocycles. The molecule has 1 aliphatic rings. The number of nitrogens with one attached hydrogen (secondary N) is 1. The normalized spacial score (nSPS) is 16.4. The third-order valence-electron chi connectivity index (χ3n) is 5.24. The number of piperidine rings is 1. The van der Waals surface area contributed by atoms with E-state index in [9.17, 15) is 13.2 Å². The van der Waals surface area contributed by atoms with Gasteiger partial charge in [-0.3, -0.25) is 4.79 Å². The predicted octanol–water partition coefficient (Wildman–Crippen LogP) is 4.46. The molecule has 0 saturated carbocycles. The van der Waals surface area contributed by atoms with Crippen LogP contribution in [-0.4, -0.2) is 31.7 Å². The second-order valence-corrected chi connectivity index (χ2v) is 9.52. The van der Waals surface area contributed by atoms with Gasteiger partial charge >= 0.3 is 0 Å². The van der Waals surface area contributed by atoms with Crippen LogP contribution >= 0.6 is 0 Å². The highest BCUT2D eigenvalue weighted by Crippen LogP contribution is 2.24. The first kappa shape index (κ1) is 21.3. The van der Waals surface area contributed by atoms with Gasteiger partial charge in [0.15, 0.2) is 0 Å². The van der Waals surface area contributed by atoms with Crippen LogP contribution in [0.3, 0.4) is 0 Å². The van der Waals surface area contributed by atoms with Crippen molar-refractivity contribution < 1.29 is 13.2 Å². The van der Waals surface area contributed by atoms with Gasteiger partial charge in [0.1, 0.15) is 0 Å². The van der Waals surface area contributed by atoms with E-state index in [-0.39, 0.29) is 11.8 Å². The maximum absolute atomic E-state index is 12.6. The van der Waals surface area contributed by atoms with Gasteiger partial charge in [0.25, 0.3) is 0 Å². The zero-order valence-electron chi connectivity index (χ0n) is 16.9. The highest BCUT2D eigenvalue weighted by molar-refractivity contribution is 7.92. The van der Waals surface area contributed by atoms with E-state index in [1.54, 1.807) is 6.08 Å². The molecule has 6 heteroatoms. The van der Waals surface area contributed by atoms with Crippen molar-refractivity contribution in [3.8, 4) is 0 Å². The number of carbonyl (C=O) groups excluding carboxylic acids is 1. The van der Waals surface area contributed by atoms with Crippen LogP contribution in [-0.2, 0) is 14.8 Å². The van der Waals surface area contributed by atoms with Crippen LogP contribution in [0.5, 0.6) is 0 Å². The number of hydrogen-bond donors (Lipinski definition) is 1. The molecule has 1 amide bonds. The standard InChI is InChI=1S/C23H28N2O3S/c1-18(2)21-9-6-10-22(17-21)24-23(26)20-11-14-25(15-12-20)29(27,28)16-13-19-7-4-3-5-8-19/h3-10,13,16-18,20H,11-12,14-15H2,1-2H3,(H,24,26)/b16-13+. The number of rotatable bonds is 6. The minimum Gasteiger partial charge on any atom is -0.326 e. The Bertz CT molecular complexity index is 961. The lowest BCUT2D eigenvalue weighted by Crippen LogP contribution is -2.40.